The molecule has 0 aliphatic heterocycles. The number of rotatable bonds is 8. The van der Waals surface area contributed by atoms with E-state index in [1.165, 1.54) is 0 Å². The second kappa shape index (κ2) is 8.39. The molecule has 2 rings (SSSR count). The Labute approximate surface area is 132 Å². The average molecular weight is 300 g/mol. The summed E-state index contributed by atoms with van der Waals surface area (Å²) in [7, 11) is 0. The molecule has 0 unspecified atom stereocenters. The van der Waals surface area contributed by atoms with Crippen LogP contribution in [-0.4, -0.2) is 36.3 Å². The summed E-state index contributed by atoms with van der Waals surface area (Å²) in [6.07, 6.45) is 3.91. The number of hydrogen-bond acceptors (Lipinski definition) is 4. The summed E-state index contributed by atoms with van der Waals surface area (Å²) in [5.41, 5.74) is 1.99. The van der Waals surface area contributed by atoms with E-state index in [0.717, 1.165) is 42.4 Å². The van der Waals surface area contributed by atoms with Crippen LogP contribution in [0.5, 0.6) is 5.75 Å². The first-order valence-corrected chi connectivity index (χ1v) is 7.78. The van der Waals surface area contributed by atoms with Gasteiger partial charge in [0, 0.05) is 12.6 Å². The molecule has 0 aliphatic carbocycles. The molecule has 0 aliphatic rings. The van der Waals surface area contributed by atoms with Crippen LogP contribution >= 0.6 is 0 Å². The second-order valence-corrected chi connectivity index (χ2v) is 5.15. The van der Waals surface area contributed by atoms with Crippen LogP contribution in [-0.2, 0) is 0 Å². The number of aryl methyl sites for hydroxylation is 1. The largest absolute Gasteiger partial charge is 0.492 e. The van der Waals surface area contributed by atoms with Gasteiger partial charge in [-0.2, -0.15) is 0 Å². The van der Waals surface area contributed by atoms with E-state index in [0.29, 0.717) is 6.61 Å². The zero-order valence-electron chi connectivity index (χ0n) is 13.6. The highest BCUT2D eigenvalue weighted by atomic mass is 16.5. The van der Waals surface area contributed by atoms with Crippen molar-refractivity contribution in [2.45, 2.75) is 20.8 Å². The fraction of sp³-hybridized carbons (Fsp3) is 0.389. The minimum atomic E-state index is 0.716. The lowest BCUT2D eigenvalue weighted by atomic mass is 10.2. The maximum atomic E-state index is 5.77. The Morgan fingerprint density at radius 1 is 1.14 bits per heavy atom. The third kappa shape index (κ3) is 5.04. The molecular formula is C18H24N2O2. The van der Waals surface area contributed by atoms with Gasteiger partial charge in [0.15, 0.2) is 5.76 Å². The maximum absolute atomic E-state index is 5.77. The first kappa shape index (κ1) is 16.3. The van der Waals surface area contributed by atoms with Gasteiger partial charge in [0.25, 0.3) is 0 Å². The molecule has 4 nitrogen and oxygen atoms in total. The van der Waals surface area contributed by atoms with E-state index < -0.39 is 0 Å². The fourth-order valence-corrected chi connectivity index (χ4v) is 2.15. The number of aromatic nitrogens is 1. The predicted molar refractivity (Wildman–Crippen MR) is 89.9 cm³/mol. The smallest absolute Gasteiger partial charge is 0.159 e. The number of benzene rings is 1. The summed E-state index contributed by atoms with van der Waals surface area (Å²) in [5, 5.41) is 3.85. The van der Waals surface area contributed by atoms with Crippen molar-refractivity contribution in [1.82, 2.24) is 10.1 Å². The molecule has 0 saturated carbocycles. The Bertz CT molecular complexity index is 583. The van der Waals surface area contributed by atoms with Crippen molar-refractivity contribution < 1.29 is 9.26 Å². The van der Waals surface area contributed by atoms with Crippen LogP contribution in [0, 0.1) is 6.92 Å². The number of nitrogens with zero attached hydrogens (tertiary/aromatic N) is 2. The first-order valence-electron chi connectivity index (χ1n) is 7.78. The molecule has 4 heteroatoms. The van der Waals surface area contributed by atoms with Crippen molar-refractivity contribution in [1.29, 1.82) is 0 Å². The lowest BCUT2D eigenvalue weighted by Gasteiger charge is -2.17. The van der Waals surface area contributed by atoms with E-state index in [2.05, 4.69) is 23.9 Å². The van der Waals surface area contributed by atoms with E-state index >= 15 is 0 Å². The zero-order valence-corrected chi connectivity index (χ0v) is 13.6. The van der Waals surface area contributed by atoms with Crippen LogP contribution in [0.3, 0.4) is 0 Å². The topological polar surface area (TPSA) is 38.5 Å². The number of hydrogen-bond donors (Lipinski definition) is 0. The lowest BCUT2D eigenvalue weighted by molar-refractivity contribution is 0.223. The van der Waals surface area contributed by atoms with Crippen molar-refractivity contribution in [3.8, 4) is 5.75 Å². The third-order valence-electron chi connectivity index (χ3n) is 3.54. The van der Waals surface area contributed by atoms with Crippen LogP contribution in [0.25, 0.3) is 12.2 Å². The van der Waals surface area contributed by atoms with Gasteiger partial charge in [-0.05, 0) is 43.8 Å². The molecule has 0 bridgehead atoms. The van der Waals surface area contributed by atoms with Crippen LogP contribution in [0.4, 0.5) is 0 Å². The van der Waals surface area contributed by atoms with E-state index in [1.54, 1.807) is 0 Å². The molecule has 0 saturated heterocycles. The summed E-state index contributed by atoms with van der Waals surface area (Å²) >= 11 is 0. The fourth-order valence-electron chi connectivity index (χ4n) is 2.15. The molecule has 0 spiro atoms. The monoisotopic (exact) mass is 300 g/mol. The van der Waals surface area contributed by atoms with E-state index in [9.17, 15) is 0 Å². The summed E-state index contributed by atoms with van der Waals surface area (Å²) in [6.45, 7) is 10.0. The van der Waals surface area contributed by atoms with E-state index in [-0.39, 0.29) is 0 Å². The highest BCUT2D eigenvalue weighted by Gasteiger charge is 2.00. The van der Waals surface area contributed by atoms with Crippen molar-refractivity contribution in [3.05, 3.63) is 47.3 Å². The highest BCUT2D eigenvalue weighted by Crippen LogP contribution is 2.15. The molecule has 22 heavy (non-hydrogen) atoms. The van der Waals surface area contributed by atoms with Crippen LogP contribution < -0.4 is 4.74 Å². The molecule has 2 aromatic rings. The first-order chi connectivity index (χ1) is 10.7. The Morgan fingerprint density at radius 2 is 1.86 bits per heavy atom. The number of ether oxygens (including phenoxy) is 1. The molecular weight excluding hydrogens is 276 g/mol. The van der Waals surface area contributed by atoms with Gasteiger partial charge in [-0.1, -0.05) is 37.2 Å². The third-order valence-corrected chi connectivity index (χ3v) is 3.54. The van der Waals surface area contributed by atoms with Crippen LogP contribution in [0.2, 0.25) is 0 Å². The molecule has 1 heterocycles. The molecule has 0 fully saturated rings. The van der Waals surface area contributed by atoms with E-state index in [1.807, 2.05) is 49.4 Å². The summed E-state index contributed by atoms with van der Waals surface area (Å²) in [5.74, 6) is 1.66. The summed E-state index contributed by atoms with van der Waals surface area (Å²) in [4.78, 5) is 2.34. The Morgan fingerprint density at radius 3 is 2.45 bits per heavy atom. The van der Waals surface area contributed by atoms with Crippen LogP contribution in [0.1, 0.15) is 30.9 Å². The van der Waals surface area contributed by atoms with E-state index in [4.69, 9.17) is 9.26 Å². The predicted octanol–water partition coefficient (Wildman–Crippen LogP) is 3.87. The van der Waals surface area contributed by atoms with Gasteiger partial charge in [0.1, 0.15) is 12.4 Å². The Kier molecular flexibility index (Phi) is 6.22. The molecule has 0 radical (unpaired) electrons. The summed E-state index contributed by atoms with van der Waals surface area (Å²) in [6, 6.07) is 9.96. The van der Waals surface area contributed by atoms with Gasteiger partial charge < -0.3 is 14.2 Å². The van der Waals surface area contributed by atoms with Crippen molar-refractivity contribution >= 4 is 12.2 Å². The Balaban J connectivity index is 1.83. The van der Waals surface area contributed by atoms with Gasteiger partial charge in [0.2, 0.25) is 0 Å². The molecule has 118 valence electrons. The SMILES string of the molecule is CCN(CC)CCOc1ccc(/C=C/c2cc(C)no2)cc1. The molecule has 0 N–H and O–H groups in total. The standard InChI is InChI=1S/C18H24N2O2/c1-4-20(5-2)12-13-21-17-9-6-16(7-10-17)8-11-18-14-15(3)19-22-18/h6-11,14H,4-5,12-13H2,1-3H3/b11-8+. The van der Waals surface area contributed by atoms with Crippen molar-refractivity contribution in [2.24, 2.45) is 0 Å². The maximum Gasteiger partial charge on any atom is 0.159 e. The van der Waals surface area contributed by atoms with Gasteiger partial charge in [-0.15, -0.1) is 0 Å². The minimum Gasteiger partial charge on any atom is -0.492 e. The zero-order chi connectivity index (χ0) is 15.8. The molecule has 0 atom stereocenters. The highest BCUT2D eigenvalue weighted by molar-refractivity contribution is 5.67. The Hall–Kier alpha value is -2.07. The van der Waals surface area contributed by atoms with Gasteiger partial charge in [-0.3, -0.25) is 0 Å². The van der Waals surface area contributed by atoms with Gasteiger partial charge >= 0.3 is 0 Å². The molecule has 1 aromatic heterocycles. The molecule has 0 amide bonds. The van der Waals surface area contributed by atoms with Crippen molar-refractivity contribution in [2.75, 3.05) is 26.2 Å². The number of likely N-dealkylation sites (N-methyl/N-ethyl adjacent to an activating group) is 1. The van der Waals surface area contributed by atoms with Gasteiger partial charge in [-0.25, -0.2) is 0 Å². The molecule has 1 aromatic carbocycles. The normalized spacial score (nSPS) is 11.5. The lowest BCUT2D eigenvalue weighted by Crippen LogP contribution is -2.27. The average Bonchev–Trinajstić information content (AvgIpc) is 2.96. The quantitative estimate of drug-likeness (QED) is 0.741. The van der Waals surface area contributed by atoms with Crippen LogP contribution in [0.15, 0.2) is 34.9 Å². The van der Waals surface area contributed by atoms with Crippen molar-refractivity contribution in [3.63, 3.8) is 0 Å². The second-order valence-electron chi connectivity index (χ2n) is 5.15. The summed E-state index contributed by atoms with van der Waals surface area (Å²) < 4.78 is 10.9. The van der Waals surface area contributed by atoms with Gasteiger partial charge in [0.05, 0.1) is 5.69 Å². The minimum absolute atomic E-state index is 0.716.